The van der Waals surface area contributed by atoms with Gasteiger partial charge in [-0.05, 0) is 103 Å². The first-order valence-electron chi connectivity index (χ1n) is 26.6. The monoisotopic (exact) mass is 869 g/mol. The zero-order valence-electron chi connectivity index (χ0n) is 41.1. The van der Waals surface area contributed by atoms with Crippen molar-refractivity contribution in [2.45, 2.75) is 277 Å². The minimum atomic E-state index is -0.784. The molecule has 0 N–H and O–H groups in total. The zero-order valence-corrected chi connectivity index (χ0v) is 41.1. The first kappa shape index (κ1) is 59.4. The third kappa shape index (κ3) is 48.4. The summed E-state index contributed by atoms with van der Waals surface area (Å²) >= 11 is 0. The average Bonchev–Trinajstić information content (AvgIpc) is 3.27. The van der Waals surface area contributed by atoms with Gasteiger partial charge in [-0.25, -0.2) is 0 Å². The van der Waals surface area contributed by atoms with E-state index < -0.39 is 6.10 Å². The standard InChI is InChI=1S/C56H100O6/c1-4-7-10-13-16-19-22-25-27-28-30-31-34-37-40-43-46-49-55(58)61-52-53(51-60-54(57)48-45-42-39-36-33-24-21-18-15-12-9-6-3)62-56(59)50-47-44-41-38-35-32-29-26-23-20-17-14-11-8-5-2/h17-18,20-21,25-27,29,53H,4-16,19,22-24,28,30-52H2,1-3H3/b20-17-,21-18-,27-25-,29-26-/t53-/m1/s1. The lowest BCUT2D eigenvalue weighted by Gasteiger charge is -2.18. The van der Waals surface area contributed by atoms with Crippen LogP contribution in [0.2, 0.25) is 0 Å². The highest BCUT2D eigenvalue weighted by atomic mass is 16.6. The Morgan fingerprint density at radius 3 is 0.935 bits per heavy atom. The molecule has 0 unspecified atom stereocenters. The Balaban J connectivity index is 4.39. The van der Waals surface area contributed by atoms with Crippen molar-refractivity contribution in [2.24, 2.45) is 0 Å². The van der Waals surface area contributed by atoms with E-state index in [1.54, 1.807) is 0 Å². The molecule has 0 rings (SSSR count). The highest BCUT2D eigenvalue weighted by Crippen LogP contribution is 2.14. The number of ether oxygens (including phenoxy) is 3. The molecule has 0 aromatic heterocycles. The van der Waals surface area contributed by atoms with Gasteiger partial charge in [-0.3, -0.25) is 14.4 Å². The van der Waals surface area contributed by atoms with Gasteiger partial charge in [0, 0.05) is 19.3 Å². The molecule has 6 heteroatoms. The van der Waals surface area contributed by atoms with Crippen LogP contribution < -0.4 is 0 Å². The van der Waals surface area contributed by atoms with E-state index in [0.717, 1.165) is 89.9 Å². The fourth-order valence-electron chi connectivity index (χ4n) is 7.46. The van der Waals surface area contributed by atoms with Crippen LogP contribution in [0.4, 0.5) is 0 Å². The van der Waals surface area contributed by atoms with Crippen molar-refractivity contribution in [1.82, 2.24) is 0 Å². The number of hydrogen-bond donors (Lipinski definition) is 0. The molecule has 0 saturated heterocycles. The van der Waals surface area contributed by atoms with E-state index in [0.29, 0.717) is 19.3 Å². The van der Waals surface area contributed by atoms with E-state index in [1.165, 1.54) is 141 Å². The Bertz CT molecular complexity index is 1090. The normalized spacial score (nSPS) is 12.4. The minimum Gasteiger partial charge on any atom is -0.462 e. The maximum atomic E-state index is 12.8. The molecule has 0 heterocycles. The molecule has 0 aromatic rings. The highest BCUT2D eigenvalue weighted by molar-refractivity contribution is 5.71. The van der Waals surface area contributed by atoms with Crippen LogP contribution in [0.3, 0.4) is 0 Å². The van der Waals surface area contributed by atoms with Gasteiger partial charge < -0.3 is 14.2 Å². The smallest absolute Gasteiger partial charge is 0.306 e. The van der Waals surface area contributed by atoms with Crippen LogP contribution in [0.1, 0.15) is 271 Å². The summed E-state index contributed by atoms with van der Waals surface area (Å²) in [5.41, 5.74) is 0. The molecule has 0 aliphatic rings. The molecule has 0 fully saturated rings. The second-order valence-electron chi connectivity index (χ2n) is 17.8. The number of hydrogen-bond acceptors (Lipinski definition) is 6. The summed E-state index contributed by atoms with van der Waals surface area (Å²) in [4.78, 5) is 38.0. The van der Waals surface area contributed by atoms with Crippen molar-refractivity contribution in [3.63, 3.8) is 0 Å². The zero-order chi connectivity index (χ0) is 45.1. The van der Waals surface area contributed by atoms with Crippen molar-refractivity contribution >= 4 is 17.9 Å². The maximum Gasteiger partial charge on any atom is 0.306 e. The molecule has 0 aromatic carbocycles. The Hall–Kier alpha value is -2.63. The van der Waals surface area contributed by atoms with Crippen LogP contribution in [0.5, 0.6) is 0 Å². The number of allylic oxidation sites excluding steroid dienone is 8. The molecule has 0 aliphatic carbocycles. The van der Waals surface area contributed by atoms with Crippen molar-refractivity contribution < 1.29 is 28.6 Å². The van der Waals surface area contributed by atoms with Crippen LogP contribution in [-0.4, -0.2) is 37.2 Å². The Labute approximate surface area is 384 Å². The minimum absolute atomic E-state index is 0.0829. The van der Waals surface area contributed by atoms with Crippen LogP contribution in [-0.2, 0) is 28.6 Å². The third-order valence-corrected chi connectivity index (χ3v) is 11.5. The lowest BCUT2D eigenvalue weighted by atomic mass is 10.1. The second-order valence-corrected chi connectivity index (χ2v) is 17.8. The molecule has 360 valence electrons. The first-order chi connectivity index (χ1) is 30.5. The Morgan fingerprint density at radius 1 is 0.323 bits per heavy atom. The van der Waals surface area contributed by atoms with Crippen molar-refractivity contribution in [3.8, 4) is 0 Å². The van der Waals surface area contributed by atoms with E-state index in [1.807, 2.05) is 0 Å². The van der Waals surface area contributed by atoms with E-state index in [4.69, 9.17) is 14.2 Å². The molecular formula is C56H100O6. The molecule has 0 spiro atoms. The van der Waals surface area contributed by atoms with Gasteiger partial charge in [0.2, 0.25) is 0 Å². The Kier molecular flexibility index (Phi) is 48.8. The fraction of sp³-hybridized carbons (Fsp3) is 0.804. The molecule has 1 atom stereocenters. The maximum absolute atomic E-state index is 12.8. The van der Waals surface area contributed by atoms with E-state index in [-0.39, 0.29) is 31.1 Å². The number of unbranched alkanes of at least 4 members (excludes halogenated alkanes) is 29. The van der Waals surface area contributed by atoms with Gasteiger partial charge in [0.1, 0.15) is 13.2 Å². The molecular weight excluding hydrogens is 769 g/mol. The summed E-state index contributed by atoms with van der Waals surface area (Å²) in [5.74, 6) is -0.903. The van der Waals surface area contributed by atoms with E-state index >= 15 is 0 Å². The summed E-state index contributed by atoms with van der Waals surface area (Å²) in [5, 5.41) is 0. The quantitative estimate of drug-likeness (QED) is 0.0262. The Morgan fingerprint density at radius 2 is 0.581 bits per heavy atom. The summed E-state index contributed by atoms with van der Waals surface area (Å²) in [6, 6.07) is 0. The van der Waals surface area contributed by atoms with Gasteiger partial charge >= 0.3 is 17.9 Å². The van der Waals surface area contributed by atoms with E-state index in [2.05, 4.69) is 69.4 Å². The van der Waals surface area contributed by atoms with Crippen LogP contribution in [0.15, 0.2) is 48.6 Å². The van der Waals surface area contributed by atoms with Gasteiger partial charge in [0.25, 0.3) is 0 Å². The predicted octanol–water partition coefficient (Wildman–Crippen LogP) is 17.5. The lowest BCUT2D eigenvalue weighted by Crippen LogP contribution is -2.30. The van der Waals surface area contributed by atoms with Crippen LogP contribution in [0.25, 0.3) is 0 Å². The number of rotatable bonds is 48. The largest absolute Gasteiger partial charge is 0.462 e. The predicted molar refractivity (Wildman–Crippen MR) is 265 cm³/mol. The fourth-order valence-corrected chi connectivity index (χ4v) is 7.46. The van der Waals surface area contributed by atoms with Gasteiger partial charge in [0.15, 0.2) is 6.10 Å². The van der Waals surface area contributed by atoms with Gasteiger partial charge in [-0.1, -0.05) is 198 Å². The van der Waals surface area contributed by atoms with E-state index in [9.17, 15) is 14.4 Å². The van der Waals surface area contributed by atoms with Crippen LogP contribution in [0, 0.1) is 0 Å². The molecule has 0 radical (unpaired) electrons. The molecule has 0 aliphatic heterocycles. The molecule has 62 heavy (non-hydrogen) atoms. The third-order valence-electron chi connectivity index (χ3n) is 11.5. The second kappa shape index (κ2) is 51.0. The van der Waals surface area contributed by atoms with Gasteiger partial charge in [-0.2, -0.15) is 0 Å². The summed E-state index contributed by atoms with van der Waals surface area (Å²) in [6.07, 6.45) is 60.9. The number of carbonyl (C=O) groups is 3. The molecule has 0 saturated carbocycles. The number of esters is 3. The van der Waals surface area contributed by atoms with Crippen molar-refractivity contribution in [3.05, 3.63) is 48.6 Å². The summed E-state index contributed by atoms with van der Waals surface area (Å²) in [6.45, 7) is 6.57. The SMILES string of the molecule is CCCCC/C=C\C/C=C\CCCCCCCC(=O)O[C@H](COC(=O)CCCCCCC/C=C\CCCCC)COC(=O)CCCCCCCCC/C=C\CCCCCCCC. The summed E-state index contributed by atoms with van der Waals surface area (Å²) in [7, 11) is 0. The average molecular weight is 869 g/mol. The molecule has 0 amide bonds. The molecule has 0 bridgehead atoms. The van der Waals surface area contributed by atoms with Crippen molar-refractivity contribution in [1.29, 1.82) is 0 Å². The van der Waals surface area contributed by atoms with Crippen molar-refractivity contribution in [2.75, 3.05) is 13.2 Å². The van der Waals surface area contributed by atoms with Gasteiger partial charge in [-0.15, -0.1) is 0 Å². The van der Waals surface area contributed by atoms with Crippen LogP contribution >= 0.6 is 0 Å². The summed E-state index contributed by atoms with van der Waals surface area (Å²) < 4.78 is 16.8. The first-order valence-corrected chi connectivity index (χ1v) is 26.6. The topological polar surface area (TPSA) is 78.9 Å². The lowest BCUT2D eigenvalue weighted by molar-refractivity contribution is -0.167. The number of carbonyl (C=O) groups excluding carboxylic acids is 3. The molecule has 6 nitrogen and oxygen atoms in total. The van der Waals surface area contributed by atoms with Gasteiger partial charge in [0.05, 0.1) is 0 Å². The highest BCUT2D eigenvalue weighted by Gasteiger charge is 2.19.